The van der Waals surface area contributed by atoms with Crippen LogP contribution in [0.4, 0.5) is 4.79 Å². The fraction of sp³-hybridized carbons (Fsp3) is 0.579. The highest BCUT2D eigenvalue weighted by atomic mass is 16.2. The van der Waals surface area contributed by atoms with Crippen molar-refractivity contribution in [3.05, 3.63) is 41.0 Å². The number of amides is 2. The number of carbonyl (C=O) groups is 1. The number of nitrogens with zero attached hydrogens (tertiary/aromatic N) is 4. The van der Waals surface area contributed by atoms with E-state index in [2.05, 4.69) is 34.9 Å². The number of nitrogens with one attached hydrogen (secondary N) is 1. The Morgan fingerprint density at radius 2 is 2.16 bits per heavy atom. The molecule has 2 amide bonds. The molecule has 0 saturated carbocycles. The molecule has 1 atom stereocenters. The zero-order valence-electron chi connectivity index (χ0n) is 15.7. The standard InChI is InChI=1S/C19H29N5O/c1-5-24-15(3)16(14(2)21-24)13-20-19(25)23-12-7-6-9-18(23)17-10-8-11-22(17)4/h8,10-11,18H,5-7,9,12-13H2,1-4H3,(H,20,25)/t18-/m1/s1. The van der Waals surface area contributed by atoms with Gasteiger partial charge in [-0.2, -0.15) is 5.10 Å². The second kappa shape index (κ2) is 7.33. The largest absolute Gasteiger partial charge is 0.353 e. The molecule has 1 saturated heterocycles. The van der Waals surface area contributed by atoms with E-state index in [1.165, 1.54) is 12.1 Å². The highest BCUT2D eigenvalue weighted by Crippen LogP contribution is 2.30. The smallest absolute Gasteiger partial charge is 0.318 e. The van der Waals surface area contributed by atoms with Gasteiger partial charge >= 0.3 is 6.03 Å². The van der Waals surface area contributed by atoms with Crippen molar-refractivity contribution in [2.24, 2.45) is 7.05 Å². The summed E-state index contributed by atoms with van der Waals surface area (Å²) in [6.45, 7) is 8.36. The maximum Gasteiger partial charge on any atom is 0.318 e. The van der Waals surface area contributed by atoms with Gasteiger partial charge in [-0.1, -0.05) is 0 Å². The molecule has 1 aliphatic heterocycles. The van der Waals surface area contributed by atoms with E-state index in [4.69, 9.17) is 0 Å². The SMILES string of the molecule is CCn1nc(C)c(CNC(=O)N2CCCC[C@@H]2c2cccn2C)c1C. The van der Waals surface area contributed by atoms with Gasteiger partial charge in [0.15, 0.2) is 0 Å². The van der Waals surface area contributed by atoms with Crippen LogP contribution in [0.25, 0.3) is 0 Å². The molecule has 25 heavy (non-hydrogen) atoms. The van der Waals surface area contributed by atoms with E-state index < -0.39 is 0 Å². The number of aromatic nitrogens is 3. The molecule has 0 bridgehead atoms. The quantitative estimate of drug-likeness (QED) is 0.926. The molecule has 0 aromatic carbocycles. The number of hydrogen-bond acceptors (Lipinski definition) is 2. The van der Waals surface area contributed by atoms with Crippen LogP contribution in [-0.2, 0) is 20.1 Å². The molecule has 2 aromatic heterocycles. The van der Waals surface area contributed by atoms with Crippen LogP contribution in [0.3, 0.4) is 0 Å². The van der Waals surface area contributed by atoms with Crippen LogP contribution in [0.2, 0.25) is 0 Å². The number of aryl methyl sites for hydroxylation is 3. The third-order valence-corrected chi connectivity index (χ3v) is 5.34. The van der Waals surface area contributed by atoms with Crippen LogP contribution in [0.1, 0.15) is 54.9 Å². The van der Waals surface area contributed by atoms with E-state index in [1.54, 1.807) is 0 Å². The van der Waals surface area contributed by atoms with Crippen LogP contribution in [-0.4, -0.2) is 31.8 Å². The zero-order valence-corrected chi connectivity index (χ0v) is 15.7. The molecule has 0 spiro atoms. The van der Waals surface area contributed by atoms with Gasteiger partial charge in [-0.15, -0.1) is 0 Å². The van der Waals surface area contributed by atoms with Crippen molar-refractivity contribution in [2.75, 3.05) is 6.54 Å². The van der Waals surface area contributed by atoms with Gasteiger partial charge in [-0.25, -0.2) is 4.79 Å². The first-order valence-corrected chi connectivity index (χ1v) is 9.21. The molecule has 0 aliphatic carbocycles. The molecule has 0 radical (unpaired) electrons. The first kappa shape index (κ1) is 17.6. The van der Waals surface area contributed by atoms with Gasteiger partial charge in [0.2, 0.25) is 0 Å². The number of piperidine rings is 1. The van der Waals surface area contributed by atoms with Gasteiger partial charge in [0.25, 0.3) is 0 Å². The van der Waals surface area contributed by atoms with Gasteiger partial charge in [-0.05, 0) is 52.2 Å². The van der Waals surface area contributed by atoms with Gasteiger partial charge in [0.1, 0.15) is 0 Å². The maximum atomic E-state index is 12.9. The predicted octanol–water partition coefficient (Wildman–Crippen LogP) is 3.30. The Kier molecular flexibility index (Phi) is 5.16. The zero-order chi connectivity index (χ0) is 18.0. The Hall–Kier alpha value is -2.24. The second-order valence-corrected chi connectivity index (χ2v) is 6.87. The number of carbonyl (C=O) groups excluding carboxylic acids is 1. The summed E-state index contributed by atoms with van der Waals surface area (Å²) in [5.41, 5.74) is 4.47. The maximum absolute atomic E-state index is 12.9. The summed E-state index contributed by atoms with van der Waals surface area (Å²) < 4.78 is 4.11. The van der Waals surface area contributed by atoms with Crippen molar-refractivity contribution in [1.29, 1.82) is 0 Å². The Balaban J connectivity index is 1.71. The molecule has 1 aliphatic rings. The minimum Gasteiger partial charge on any atom is -0.353 e. The lowest BCUT2D eigenvalue weighted by Gasteiger charge is -2.36. The second-order valence-electron chi connectivity index (χ2n) is 6.87. The molecule has 1 N–H and O–H groups in total. The number of likely N-dealkylation sites (tertiary alicyclic amines) is 1. The van der Waals surface area contributed by atoms with E-state index in [1.807, 2.05) is 35.8 Å². The van der Waals surface area contributed by atoms with Crippen molar-refractivity contribution in [1.82, 2.24) is 24.6 Å². The summed E-state index contributed by atoms with van der Waals surface area (Å²) in [5.74, 6) is 0. The molecular formula is C19H29N5O. The molecule has 2 aromatic rings. The summed E-state index contributed by atoms with van der Waals surface area (Å²) in [6, 6.07) is 4.35. The van der Waals surface area contributed by atoms with E-state index in [0.29, 0.717) is 6.54 Å². The molecule has 3 heterocycles. The summed E-state index contributed by atoms with van der Waals surface area (Å²) in [7, 11) is 2.05. The number of rotatable bonds is 4. The van der Waals surface area contributed by atoms with Gasteiger partial charge in [0.05, 0.1) is 11.7 Å². The Morgan fingerprint density at radius 3 is 2.80 bits per heavy atom. The van der Waals surface area contributed by atoms with Crippen molar-refractivity contribution in [3.63, 3.8) is 0 Å². The molecule has 0 unspecified atom stereocenters. The lowest BCUT2D eigenvalue weighted by Crippen LogP contribution is -2.44. The van der Waals surface area contributed by atoms with Crippen molar-refractivity contribution in [2.45, 2.75) is 59.2 Å². The van der Waals surface area contributed by atoms with Crippen LogP contribution in [0.5, 0.6) is 0 Å². The van der Waals surface area contributed by atoms with Crippen molar-refractivity contribution < 1.29 is 4.79 Å². The molecule has 6 heteroatoms. The van der Waals surface area contributed by atoms with E-state index in [0.717, 1.165) is 42.9 Å². The topological polar surface area (TPSA) is 55.1 Å². The summed E-state index contributed by atoms with van der Waals surface area (Å²) >= 11 is 0. The third kappa shape index (κ3) is 3.43. The predicted molar refractivity (Wildman–Crippen MR) is 98.3 cm³/mol. The molecule has 3 rings (SSSR count). The minimum atomic E-state index is 0.0222. The van der Waals surface area contributed by atoms with Gasteiger partial charge < -0.3 is 14.8 Å². The fourth-order valence-corrected chi connectivity index (χ4v) is 3.87. The highest BCUT2D eigenvalue weighted by Gasteiger charge is 2.29. The third-order valence-electron chi connectivity index (χ3n) is 5.34. The van der Waals surface area contributed by atoms with E-state index in [-0.39, 0.29) is 12.1 Å². The van der Waals surface area contributed by atoms with Gasteiger partial charge in [0, 0.05) is 49.8 Å². The van der Waals surface area contributed by atoms with E-state index in [9.17, 15) is 4.79 Å². The molecular weight excluding hydrogens is 314 g/mol. The first-order chi connectivity index (χ1) is 12.0. The number of hydrogen-bond donors (Lipinski definition) is 1. The highest BCUT2D eigenvalue weighted by molar-refractivity contribution is 5.75. The Labute approximate surface area is 149 Å². The van der Waals surface area contributed by atoms with Gasteiger partial charge in [-0.3, -0.25) is 4.68 Å². The average Bonchev–Trinajstić information content (AvgIpc) is 3.16. The summed E-state index contributed by atoms with van der Waals surface area (Å²) in [6.07, 6.45) is 5.31. The lowest BCUT2D eigenvalue weighted by molar-refractivity contribution is 0.148. The molecule has 136 valence electrons. The van der Waals surface area contributed by atoms with Crippen molar-refractivity contribution in [3.8, 4) is 0 Å². The monoisotopic (exact) mass is 343 g/mol. The van der Waals surface area contributed by atoms with Crippen LogP contribution < -0.4 is 5.32 Å². The normalized spacial score (nSPS) is 17.8. The van der Waals surface area contributed by atoms with Crippen LogP contribution >= 0.6 is 0 Å². The van der Waals surface area contributed by atoms with E-state index >= 15 is 0 Å². The average molecular weight is 343 g/mol. The summed E-state index contributed by atoms with van der Waals surface area (Å²) in [5, 5.41) is 7.66. The fourth-order valence-electron chi connectivity index (χ4n) is 3.87. The minimum absolute atomic E-state index is 0.0222. The van der Waals surface area contributed by atoms with Crippen molar-refractivity contribution >= 4 is 6.03 Å². The first-order valence-electron chi connectivity index (χ1n) is 9.21. The number of urea groups is 1. The Bertz CT molecular complexity index is 745. The molecule has 1 fully saturated rings. The van der Waals surface area contributed by atoms with Crippen LogP contribution in [0, 0.1) is 13.8 Å². The Morgan fingerprint density at radius 1 is 1.36 bits per heavy atom. The summed E-state index contributed by atoms with van der Waals surface area (Å²) in [4.78, 5) is 14.9. The van der Waals surface area contributed by atoms with Crippen LogP contribution in [0.15, 0.2) is 18.3 Å². The molecule has 6 nitrogen and oxygen atoms in total. The lowest BCUT2D eigenvalue weighted by atomic mass is 9.99.